The van der Waals surface area contributed by atoms with Crippen LogP contribution < -0.4 is 10.6 Å². The van der Waals surface area contributed by atoms with Gasteiger partial charge in [0.15, 0.2) is 5.82 Å². The van der Waals surface area contributed by atoms with Crippen molar-refractivity contribution < 1.29 is 9.53 Å². The Morgan fingerprint density at radius 2 is 2.11 bits per heavy atom. The lowest BCUT2D eigenvalue weighted by Crippen LogP contribution is -2.39. The molecular weight excluding hydrogens is 364 g/mol. The van der Waals surface area contributed by atoms with E-state index in [-0.39, 0.29) is 11.9 Å². The predicted octanol–water partition coefficient (Wildman–Crippen LogP) is 4.18. The minimum atomic E-state index is -0.0932. The smallest absolute Gasteiger partial charge is 0.268 e. The second-order valence-corrected chi connectivity index (χ2v) is 7.14. The van der Waals surface area contributed by atoms with E-state index in [0.717, 1.165) is 35.0 Å². The second-order valence-electron chi connectivity index (χ2n) is 6.70. The summed E-state index contributed by atoms with van der Waals surface area (Å²) in [5.41, 5.74) is 3.11. The number of H-pyrrole nitrogens is 1. The van der Waals surface area contributed by atoms with Crippen molar-refractivity contribution in [2.24, 2.45) is 0 Å². The average Bonchev–Trinajstić information content (AvgIpc) is 3.01. The number of hydrogen-bond donors (Lipinski definition) is 3. The summed E-state index contributed by atoms with van der Waals surface area (Å²) < 4.78 is 5.35. The Morgan fingerprint density at radius 1 is 1.30 bits per heavy atom. The third kappa shape index (κ3) is 3.77. The number of halogens is 1. The topological polar surface area (TPSA) is 79.0 Å². The Kier molecular flexibility index (Phi) is 5.01. The fourth-order valence-electron chi connectivity index (χ4n) is 3.38. The van der Waals surface area contributed by atoms with E-state index in [1.165, 1.54) is 0 Å². The Labute approximate surface area is 162 Å². The highest BCUT2D eigenvalue weighted by molar-refractivity contribution is 6.30. The Bertz CT molecular complexity index is 979. The molecule has 27 heavy (non-hydrogen) atoms. The third-order valence-corrected chi connectivity index (χ3v) is 5.09. The summed E-state index contributed by atoms with van der Waals surface area (Å²) >= 11 is 6.06. The molecule has 1 saturated heterocycles. The van der Waals surface area contributed by atoms with E-state index in [4.69, 9.17) is 16.3 Å². The monoisotopic (exact) mass is 384 g/mol. The first-order valence-electron chi connectivity index (χ1n) is 9.00. The van der Waals surface area contributed by atoms with Gasteiger partial charge in [0.2, 0.25) is 0 Å². The molecular formula is C20H21ClN4O2. The number of pyridine rings is 1. The molecule has 4 rings (SSSR count). The Hall–Kier alpha value is -2.57. The number of aryl methyl sites for hydroxylation is 1. The fraction of sp³-hybridized carbons (Fsp3) is 0.300. The maximum atomic E-state index is 12.8. The number of anilines is 2. The molecule has 3 heterocycles. The molecule has 1 aliphatic rings. The molecule has 1 fully saturated rings. The largest absolute Gasteiger partial charge is 0.381 e. The molecule has 1 aromatic carbocycles. The van der Waals surface area contributed by atoms with E-state index in [9.17, 15) is 4.79 Å². The predicted molar refractivity (Wildman–Crippen MR) is 107 cm³/mol. The number of amides is 1. The van der Waals surface area contributed by atoms with Crippen molar-refractivity contribution in [3.63, 3.8) is 0 Å². The summed E-state index contributed by atoms with van der Waals surface area (Å²) in [5, 5.41) is 7.99. The normalized spacial score (nSPS) is 15.0. The number of nitrogens with zero attached hydrogens (tertiary/aromatic N) is 1. The van der Waals surface area contributed by atoms with Crippen LogP contribution in [0.2, 0.25) is 5.02 Å². The van der Waals surface area contributed by atoms with Crippen LogP contribution in [0, 0.1) is 6.92 Å². The van der Waals surface area contributed by atoms with E-state index >= 15 is 0 Å². The average molecular weight is 385 g/mol. The molecule has 1 amide bonds. The highest BCUT2D eigenvalue weighted by Gasteiger charge is 2.21. The quantitative estimate of drug-likeness (QED) is 0.630. The van der Waals surface area contributed by atoms with Gasteiger partial charge >= 0.3 is 0 Å². The first-order chi connectivity index (χ1) is 13.1. The summed E-state index contributed by atoms with van der Waals surface area (Å²) in [4.78, 5) is 20.5. The van der Waals surface area contributed by atoms with E-state index in [0.29, 0.717) is 29.7 Å². The van der Waals surface area contributed by atoms with Crippen molar-refractivity contribution >= 4 is 39.9 Å². The minimum Gasteiger partial charge on any atom is -0.381 e. The molecule has 0 aliphatic carbocycles. The molecule has 0 unspecified atom stereocenters. The number of ether oxygens (including phenoxy) is 1. The van der Waals surface area contributed by atoms with Gasteiger partial charge < -0.3 is 20.4 Å². The molecule has 0 saturated carbocycles. The standard InChI is InChI=1S/C20H21ClN4O2/c1-12-16-5-8-22-19(23-15-4-2-3-13(21)11-15)18(16)25-17(12)20(26)24-14-6-9-27-10-7-14/h2-5,8,11,14,25H,6-7,9-10H2,1H3,(H,22,23)(H,24,26). The van der Waals surface area contributed by atoms with Crippen LogP contribution in [-0.2, 0) is 4.74 Å². The van der Waals surface area contributed by atoms with Crippen LogP contribution in [0.15, 0.2) is 36.5 Å². The molecule has 0 bridgehead atoms. The number of fused-ring (bicyclic) bond motifs is 1. The van der Waals surface area contributed by atoms with Gasteiger partial charge in [0.1, 0.15) is 5.69 Å². The zero-order chi connectivity index (χ0) is 18.8. The number of carbonyl (C=O) groups excluding carboxylic acids is 1. The molecule has 3 N–H and O–H groups in total. The summed E-state index contributed by atoms with van der Waals surface area (Å²) in [6.45, 7) is 3.32. The van der Waals surface area contributed by atoms with E-state index in [2.05, 4.69) is 20.6 Å². The second kappa shape index (κ2) is 7.58. The van der Waals surface area contributed by atoms with Crippen molar-refractivity contribution in [1.82, 2.24) is 15.3 Å². The van der Waals surface area contributed by atoms with Gasteiger partial charge in [-0.1, -0.05) is 17.7 Å². The van der Waals surface area contributed by atoms with Crippen molar-refractivity contribution in [3.05, 3.63) is 52.8 Å². The lowest BCUT2D eigenvalue weighted by Gasteiger charge is -2.22. The van der Waals surface area contributed by atoms with Crippen molar-refractivity contribution in [2.75, 3.05) is 18.5 Å². The summed E-state index contributed by atoms with van der Waals surface area (Å²) in [7, 11) is 0. The first kappa shape index (κ1) is 17.8. The zero-order valence-corrected chi connectivity index (χ0v) is 15.8. The van der Waals surface area contributed by atoms with Crippen LogP contribution in [0.5, 0.6) is 0 Å². The van der Waals surface area contributed by atoms with Crippen LogP contribution >= 0.6 is 11.6 Å². The van der Waals surface area contributed by atoms with Crippen molar-refractivity contribution in [3.8, 4) is 0 Å². The van der Waals surface area contributed by atoms with Gasteiger partial charge in [-0.25, -0.2) is 4.98 Å². The van der Waals surface area contributed by atoms with Crippen LogP contribution in [0.1, 0.15) is 28.9 Å². The summed E-state index contributed by atoms with van der Waals surface area (Å²) in [5.74, 6) is 0.562. The van der Waals surface area contributed by atoms with Gasteiger partial charge in [0.05, 0.1) is 5.52 Å². The number of rotatable bonds is 4. The van der Waals surface area contributed by atoms with Gasteiger partial charge in [-0.15, -0.1) is 0 Å². The highest BCUT2D eigenvalue weighted by atomic mass is 35.5. The lowest BCUT2D eigenvalue weighted by atomic mass is 10.1. The minimum absolute atomic E-state index is 0.0932. The van der Waals surface area contributed by atoms with Gasteiger partial charge in [-0.3, -0.25) is 4.79 Å². The van der Waals surface area contributed by atoms with Gasteiger partial charge in [0.25, 0.3) is 5.91 Å². The van der Waals surface area contributed by atoms with Crippen LogP contribution in [0.25, 0.3) is 10.9 Å². The molecule has 140 valence electrons. The summed E-state index contributed by atoms with van der Waals surface area (Å²) in [6.07, 6.45) is 3.42. The molecule has 2 aromatic heterocycles. The number of carbonyl (C=O) groups is 1. The van der Waals surface area contributed by atoms with E-state index in [1.807, 2.05) is 37.3 Å². The number of benzene rings is 1. The van der Waals surface area contributed by atoms with E-state index in [1.54, 1.807) is 6.20 Å². The lowest BCUT2D eigenvalue weighted by molar-refractivity contribution is 0.0694. The van der Waals surface area contributed by atoms with Crippen molar-refractivity contribution in [1.29, 1.82) is 0 Å². The number of aromatic amines is 1. The number of hydrogen-bond acceptors (Lipinski definition) is 4. The van der Waals surface area contributed by atoms with Crippen LogP contribution in [0.3, 0.4) is 0 Å². The van der Waals surface area contributed by atoms with Crippen LogP contribution in [-0.4, -0.2) is 35.1 Å². The summed E-state index contributed by atoms with van der Waals surface area (Å²) in [6, 6.07) is 9.50. The van der Waals surface area contributed by atoms with E-state index < -0.39 is 0 Å². The molecule has 3 aromatic rings. The molecule has 1 aliphatic heterocycles. The number of nitrogens with one attached hydrogen (secondary N) is 3. The maximum absolute atomic E-state index is 12.8. The zero-order valence-electron chi connectivity index (χ0n) is 15.0. The molecule has 6 nitrogen and oxygen atoms in total. The maximum Gasteiger partial charge on any atom is 0.268 e. The highest BCUT2D eigenvalue weighted by Crippen LogP contribution is 2.29. The van der Waals surface area contributed by atoms with Gasteiger partial charge in [-0.05, 0) is 49.6 Å². The SMILES string of the molecule is Cc1c(C(=O)NC2CCOCC2)[nH]c2c(Nc3cccc(Cl)c3)nccc12. The van der Waals surface area contributed by atoms with Gasteiger partial charge in [-0.2, -0.15) is 0 Å². The molecule has 7 heteroatoms. The fourth-order valence-corrected chi connectivity index (χ4v) is 3.57. The van der Waals surface area contributed by atoms with Crippen molar-refractivity contribution in [2.45, 2.75) is 25.8 Å². The Morgan fingerprint density at radius 3 is 2.89 bits per heavy atom. The Balaban J connectivity index is 1.63. The molecule has 0 spiro atoms. The number of aromatic nitrogens is 2. The first-order valence-corrected chi connectivity index (χ1v) is 9.38. The van der Waals surface area contributed by atoms with Gasteiger partial charge in [0, 0.05) is 41.5 Å². The van der Waals surface area contributed by atoms with Crippen LogP contribution in [0.4, 0.5) is 11.5 Å². The molecule has 0 radical (unpaired) electrons. The third-order valence-electron chi connectivity index (χ3n) is 4.85. The molecule has 0 atom stereocenters.